The molecule has 1 rings (SSSR count). The SMILES string of the molecule is C#Cc1c(Br)cnc(OC)c1N(C)SI. The van der Waals surface area contributed by atoms with Crippen LogP contribution in [0.25, 0.3) is 0 Å². The molecule has 0 spiro atoms. The third kappa shape index (κ3) is 2.71. The van der Waals surface area contributed by atoms with Crippen LogP contribution in [0.15, 0.2) is 10.7 Å². The summed E-state index contributed by atoms with van der Waals surface area (Å²) in [6, 6.07) is 0. The van der Waals surface area contributed by atoms with E-state index in [-0.39, 0.29) is 0 Å². The van der Waals surface area contributed by atoms with Crippen LogP contribution in [-0.2, 0) is 0 Å². The molecule has 6 heteroatoms. The Labute approximate surface area is 114 Å². The molecule has 0 atom stereocenters. The number of rotatable bonds is 3. The van der Waals surface area contributed by atoms with Gasteiger partial charge in [0.05, 0.1) is 17.1 Å². The molecule has 0 aliphatic rings. The maximum Gasteiger partial charge on any atom is 0.239 e. The summed E-state index contributed by atoms with van der Waals surface area (Å²) >= 11 is 5.54. The Morgan fingerprint density at radius 3 is 2.87 bits per heavy atom. The molecule has 80 valence electrons. The fraction of sp³-hybridized carbons (Fsp3) is 0.222. The minimum atomic E-state index is 0.526. The predicted molar refractivity (Wildman–Crippen MR) is 76.4 cm³/mol. The third-order valence-corrected chi connectivity index (χ3v) is 4.49. The van der Waals surface area contributed by atoms with E-state index in [1.165, 1.54) is 9.12 Å². The fourth-order valence-electron chi connectivity index (χ4n) is 1.07. The van der Waals surface area contributed by atoms with E-state index >= 15 is 0 Å². The van der Waals surface area contributed by atoms with Crippen molar-refractivity contribution >= 4 is 51.9 Å². The topological polar surface area (TPSA) is 25.4 Å². The number of methoxy groups -OCH3 is 1. The van der Waals surface area contributed by atoms with Gasteiger partial charge in [-0.15, -0.1) is 6.42 Å². The normalized spacial score (nSPS) is 9.53. The number of hydrogen-bond acceptors (Lipinski definition) is 4. The predicted octanol–water partition coefficient (Wildman–Crippen LogP) is 3.27. The molecule has 1 aromatic rings. The number of hydrogen-bond donors (Lipinski definition) is 0. The lowest BCUT2D eigenvalue weighted by atomic mass is 10.2. The van der Waals surface area contributed by atoms with Crippen LogP contribution in [-0.4, -0.2) is 19.1 Å². The largest absolute Gasteiger partial charge is 0.479 e. The van der Waals surface area contributed by atoms with Gasteiger partial charge in [0.25, 0.3) is 0 Å². The Kier molecular flexibility index (Phi) is 5.02. The summed E-state index contributed by atoms with van der Waals surface area (Å²) in [5, 5.41) is 0. The van der Waals surface area contributed by atoms with E-state index in [2.05, 4.69) is 48.0 Å². The number of terminal acetylenes is 1. The highest BCUT2D eigenvalue weighted by atomic mass is 127. The summed E-state index contributed by atoms with van der Waals surface area (Å²) in [6.45, 7) is 0. The number of anilines is 1. The highest BCUT2D eigenvalue weighted by Crippen LogP contribution is 2.38. The van der Waals surface area contributed by atoms with Crippen molar-refractivity contribution in [1.29, 1.82) is 0 Å². The Morgan fingerprint density at radius 2 is 2.40 bits per heavy atom. The zero-order valence-electron chi connectivity index (χ0n) is 8.12. The number of pyridine rings is 1. The molecule has 0 N–H and O–H groups in total. The number of ether oxygens (including phenoxy) is 1. The van der Waals surface area contributed by atoms with Crippen LogP contribution in [0.2, 0.25) is 0 Å². The highest BCUT2D eigenvalue weighted by Gasteiger charge is 2.16. The Balaban J connectivity index is 3.42. The zero-order valence-corrected chi connectivity index (χ0v) is 12.7. The van der Waals surface area contributed by atoms with Crippen LogP contribution in [0.5, 0.6) is 5.88 Å². The molecule has 0 aliphatic carbocycles. The number of nitrogens with zero attached hydrogens (tertiary/aromatic N) is 2. The van der Waals surface area contributed by atoms with E-state index in [0.717, 1.165) is 15.7 Å². The summed E-state index contributed by atoms with van der Waals surface area (Å²) in [5.74, 6) is 3.15. The molecule has 1 aromatic heterocycles. The first-order valence-corrected chi connectivity index (χ1v) is 7.98. The first-order chi connectivity index (χ1) is 7.15. The molecular weight excluding hydrogens is 391 g/mol. The summed E-state index contributed by atoms with van der Waals surface area (Å²) in [6.07, 6.45) is 7.11. The van der Waals surface area contributed by atoms with Crippen LogP contribution in [0.1, 0.15) is 5.56 Å². The van der Waals surface area contributed by atoms with Gasteiger partial charge < -0.3 is 9.04 Å². The molecule has 0 aliphatic heterocycles. The van der Waals surface area contributed by atoms with Crippen LogP contribution in [0, 0.1) is 12.3 Å². The maximum atomic E-state index is 5.47. The molecule has 0 radical (unpaired) electrons. The lowest BCUT2D eigenvalue weighted by Gasteiger charge is -2.18. The molecule has 15 heavy (non-hydrogen) atoms. The van der Waals surface area contributed by atoms with Gasteiger partial charge >= 0.3 is 0 Å². The van der Waals surface area contributed by atoms with E-state index in [9.17, 15) is 0 Å². The van der Waals surface area contributed by atoms with Gasteiger partial charge in [-0.2, -0.15) is 0 Å². The monoisotopic (exact) mass is 398 g/mol. The number of halogens is 2. The molecule has 0 saturated heterocycles. The van der Waals surface area contributed by atoms with Gasteiger partial charge in [-0.1, -0.05) is 5.92 Å². The minimum absolute atomic E-state index is 0.526. The van der Waals surface area contributed by atoms with Crippen LogP contribution in [0.3, 0.4) is 0 Å². The van der Waals surface area contributed by atoms with Gasteiger partial charge in [-0.3, -0.25) is 0 Å². The van der Waals surface area contributed by atoms with Crippen LogP contribution < -0.4 is 9.04 Å². The smallest absolute Gasteiger partial charge is 0.239 e. The van der Waals surface area contributed by atoms with E-state index in [1.54, 1.807) is 13.3 Å². The maximum absolute atomic E-state index is 5.47. The summed E-state index contributed by atoms with van der Waals surface area (Å²) in [4.78, 5) is 4.15. The van der Waals surface area contributed by atoms with Crippen LogP contribution >= 0.6 is 46.3 Å². The molecule has 0 bridgehead atoms. The van der Waals surface area contributed by atoms with Gasteiger partial charge in [0.15, 0.2) is 0 Å². The standard InChI is InChI=1S/C9H8BrIN2OS/c1-4-6-7(10)5-12-9(14-3)8(6)13(2)15-11/h1,5H,2-3H3. The second-order valence-electron chi connectivity index (χ2n) is 2.55. The van der Waals surface area contributed by atoms with E-state index in [0.29, 0.717) is 5.88 Å². The van der Waals surface area contributed by atoms with Crippen molar-refractivity contribution in [1.82, 2.24) is 4.98 Å². The van der Waals surface area contributed by atoms with Gasteiger partial charge in [0.2, 0.25) is 5.88 Å². The summed E-state index contributed by atoms with van der Waals surface area (Å²) in [7, 11) is 4.99. The first-order valence-electron chi connectivity index (χ1n) is 3.87. The van der Waals surface area contributed by atoms with Crippen molar-refractivity contribution in [3.8, 4) is 18.2 Å². The van der Waals surface area contributed by atoms with Gasteiger partial charge in [-0.25, -0.2) is 4.98 Å². The van der Waals surface area contributed by atoms with Crippen molar-refractivity contribution < 1.29 is 4.74 Å². The quantitative estimate of drug-likeness (QED) is 0.443. The lowest BCUT2D eigenvalue weighted by molar-refractivity contribution is 0.399. The van der Waals surface area contributed by atoms with E-state index < -0.39 is 0 Å². The zero-order chi connectivity index (χ0) is 11.4. The number of aromatic nitrogens is 1. The molecule has 0 unspecified atom stereocenters. The van der Waals surface area contributed by atoms with Gasteiger partial charge in [-0.05, 0) is 15.9 Å². The highest BCUT2D eigenvalue weighted by molar-refractivity contribution is 14.2. The first kappa shape index (κ1) is 12.9. The van der Waals surface area contributed by atoms with Crippen molar-refractivity contribution in [3.63, 3.8) is 0 Å². The molecule has 0 aromatic carbocycles. The molecule has 1 heterocycles. The lowest BCUT2D eigenvalue weighted by Crippen LogP contribution is -2.09. The van der Waals surface area contributed by atoms with Crippen molar-refractivity contribution in [2.75, 3.05) is 18.5 Å². The Hall–Kier alpha value is -0.130. The molecule has 0 amide bonds. The summed E-state index contributed by atoms with van der Waals surface area (Å²) in [5.41, 5.74) is 1.54. The average Bonchev–Trinajstić information content (AvgIpc) is 2.27. The Bertz CT molecular complexity index is 408. The van der Waals surface area contributed by atoms with Crippen molar-refractivity contribution in [2.24, 2.45) is 0 Å². The molecule has 0 fully saturated rings. The second kappa shape index (κ2) is 5.82. The van der Waals surface area contributed by atoms with E-state index in [4.69, 9.17) is 11.2 Å². The Morgan fingerprint density at radius 1 is 1.73 bits per heavy atom. The van der Waals surface area contributed by atoms with Crippen LogP contribution in [0.4, 0.5) is 5.69 Å². The van der Waals surface area contributed by atoms with Gasteiger partial charge in [0, 0.05) is 43.6 Å². The molecule has 0 saturated carbocycles. The minimum Gasteiger partial charge on any atom is -0.479 e. The van der Waals surface area contributed by atoms with Gasteiger partial charge in [0.1, 0.15) is 5.69 Å². The fourth-order valence-corrected chi connectivity index (χ4v) is 2.31. The van der Waals surface area contributed by atoms with E-state index in [1.807, 2.05) is 11.4 Å². The molecule has 3 nitrogen and oxygen atoms in total. The average molecular weight is 399 g/mol. The van der Waals surface area contributed by atoms with Crippen molar-refractivity contribution in [3.05, 3.63) is 16.2 Å². The second-order valence-corrected chi connectivity index (χ2v) is 5.27. The van der Waals surface area contributed by atoms with Crippen molar-refractivity contribution in [2.45, 2.75) is 0 Å². The molecular formula is C9H8BrIN2OS. The third-order valence-electron chi connectivity index (χ3n) is 1.73. The summed E-state index contributed by atoms with van der Waals surface area (Å²) < 4.78 is 7.88.